The van der Waals surface area contributed by atoms with Crippen LogP contribution in [0.4, 0.5) is 0 Å². The number of unbranched alkanes of at least 4 members (excludes halogenated alkanes) is 23. The van der Waals surface area contributed by atoms with Gasteiger partial charge in [0.15, 0.2) is 0 Å². The molecule has 2 N–H and O–H groups in total. The van der Waals surface area contributed by atoms with E-state index in [4.69, 9.17) is 14.6 Å². The average Bonchev–Trinajstić information content (AvgIpc) is 3.17. The summed E-state index contributed by atoms with van der Waals surface area (Å²) in [5.74, 6) is -0.364. The molecule has 8 heteroatoms. The number of carbonyl (C=O) groups excluding carboxylic acids is 3. The normalized spacial score (nSPS) is 11.9. The number of nitrogens with zero attached hydrogens (tertiary/aromatic N) is 1. The molecule has 1 unspecified atom stereocenters. The second-order valence-electron chi connectivity index (χ2n) is 16.0. The molecule has 0 saturated heterocycles. The number of aliphatic hydroxyl groups is 1. The number of hydrogen-bond acceptors (Lipinski definition) is 7. The summed E-state index contributed by atoms with van der Waals surface area (Å²) in [6, 6.07) is 0. The third-order valence-electron chi connectivity index (χ3n) is 10.6. The van der Waals surface area contributed by atoms with Crippen LogP contribution in [0.3, 0.4) is 0 Å². The van der Waals surface area contributed by atoms with Gasteiger partial charge < -0.3 is 24.8 Å². The number of aliphatic hydroxyl groups excluding tert-OH is 1. The minimum Gasteiger partial charge on any atom is -0.466 e. The molecule has 1 atom stereocenters. The van der Waals surface area contributed by atoms with Crippen LogP contribution in [-0.4, -0.2) is 73.3 Å². The van der Waals surface area contributed by atoms with Gasteiger partial charge in [0.2, 0.25) is 5.91 Å². The average molecular weight is 767 g/mol. The van der Waals surface area contributed by atoms with Crippen molar-refractivity contribution in [1.29, 1.82) is 0 Å². The summed E-state index contributed by atoms with van der Waals surface area (Å²) in [6.07, 6.45) is 37.3. The Morgan fingerprint density at radius 3 is 1.41 bits per heavy atom. The van der Waals surface area contributed by atoms with Crippen LogP contribution in [0.15, 0.2) is 0 Å². The number of ether oxygens (including phenoxy) is 2. The summed E-state index contributed by atoms with van der Waals surface area (Å²) in [6.45, 7) is 10.4. The van der Waals surface area contributed by atoms with Crippen LogP contribution in [-0.2, 0) is 23.9 Å². The summed E-state index contributed by atoms with van der Waals surface area (Å²) in [7, 11) is 0. The Morgan fingerprint density at radius 1 is 0.500 bits per heavy atom. The lowest BCUT2D eigenvalue weighted by Crippen LogP contribution is -2.32. The second kappa shape index (κ2) is 42.5. The SMILES string of the molecule is CCCCCCCCCOC(=O)CCCCCCCN(CCCCCCCC(=O)OC(CCCCCCC)CCCCCCCC)CCCNC(=O)CO. The summed E-state index contributed by atoms with van der Waals surface area (Å²) in [5.41, 5.74) is 0. The molecule has 8 nitrogen and oxygen atoms in total. The first-order chi connectivity index (χ1) is 26.5. The zero-order chi connectivity index (χ0) is 39.6. The monoisotopic (exact) mass is 767 g/mol. The molecule has 0 spiro atoms. The quantitative estimate of drug-likeness (QED) is 0.0470. The Balaban J connectivity index is 4.27. The number of carbonyl (C=O) groups is 3. The van der Waals surface area contributed by atoms with Gasteiger partial charge in [-0.2, -0.15) is 0 Å². The van der Waals surface area contributed by atoms with Crippen LogP contribution >= 0.6 is 0 Å². The predicted molar refractivity (Wildman–Crippen MR) is 227 cm³/mol. The number of amides is 1. The lowest BCUT2D eigenvalue weighted by Gasteiger charge is -2.22. The Kier molecular flexibility index (Phi) is 41.2. The third kappa shape index (κ3) is 38.6. The van der Waals surface area contributed by atoms with Gasteiger partial charge in [-0.05, 0) is 83.8 Å². The van der Waals surface area contributed by atoms with E-state index in [1.165, 1.54) is 103 Å². The third-order valence-corrected chi connectivity index (χ3v) is 10.6. The highest BCUT2D eigenvalue weighted by atomic mass is 16.5. The molecule has 0 heterocycles. The first-order valence-electron chi connectivity index (χ1n) is 23.4. The number of rotatable bonds is 43. The van der Waals surface area contributed by atoms with E-state index >= 15 is 0 Å². The lowest BCUT2D eigenvalue weighted by atomic mass is 10.0. The molecular weight excluding hydrogens is 677 g/mol. The van der Waals surface area contributed by atoms with Crippen LogP contribution in [0.25, 0.3) is 0 Å². The largest absolute Gasteiger partial charge is 0.466 e. The summed E-state index contributed by atoms with van der Waals surface area (Å²) >= 11 is 0. The van der Waals surface area contributed by atoms with Crippen molar-refractivity contribution < 1.29 is 29.0 Å². The van der Waals surface area contributed by atoms with Crippen molar-refractivity contribution in [2.75, 3.05) is 39.4 Å². The molecule has 0 radical (unpaired) electrons. The number of esters is 2. The Bertz CT molecular complexity index is 825. The molecule has 0 aliphatic rings. The van der Waals surface area contributed by atoms with Gasteiger partial charge >= 0.3 is 11.9 Å². The minimum absolute atomic E-state index is 0.00209. The fourth-order valence-electron chi connectivity index (χ4n) is 7.14. The summed E-state index contributed by atoms with van der Waals surface area (Å²) in [5, 5.41) is 11.8. The molecule has 0 aromatic heterocycles. The number of nitrogens with one attached hydrogen (secondary N) is 1. The van der Waals surface area contributed by atoms with Crippen molar-refractivity contribution in [1.82, 2.24) is 10.2 Å². The molecule has 0 fully saturated rings. The zero-order valence-corrected chi connectivity index (χ0v) is 36.1. The van der Waals surface area contributed by atoms with Crippen LogP contribution in [0, 0.1) is 0 Å². The van der Waals surface area contributed by atoms with Crippen molar-refractivity contribution in [3.8, 4) is 0 Å². The Labute approximate surface area is 334 Å². The first-order valence-corrected chi connectivity index (χ1v) is 23.4. The highest BCUT2D eigenvalue weighted by Gasteiger charge is 2.14. The topological polar surface area (TPSA) is 105 Å². The van der Waals surface area contributed by atoms with E-state index in [2.05, 4.69) is 31.0 Å². The van der Waals surface area contributed by atoms with Crippen molar-refractivity contribution in [3.63, 3.8) is 0 Å². The maximum atomic E-state index is 12.7. The maximum absolute atomic E-state index is 12.7. The van der Waals surface area contributed by atoms with Gasteiger partial charge in [-0.3, -0.25) is 14.4 Å². The van der Waals surface area contributed by atoms with Crippen LogP contribution in [0.1, 0.15) is 233 Å². The van der Waals surface area contributed by atoms with Crippen LogP contribution < -0.4 is 5.32 Å². The van der Waals surface area contributed by atoms with E-state index in [0.29, 0.717) is 26.0 Å². The molecule has 1 amide bonds. The molecule has 54 heavy (non-hydrogen) atoms. The molecule has 0 aliphatic carbocycles. The van der Waals surface area contributed by atoms with E-state index in [0.717, 1.165) is 116 Å². The standard InChI is InChI=1S/C46H90N2O6/c1-4-7-10-13-15-24-31-41-53-45(51)35-27-20-16-22-29-38-48(40-32-37-47-44(50)42-49)39-30-23-17-21-28-36-46(52)54-43(33-25-18-12-9-6-3)34-26-19-14-11-8-5-2/h43,49H,4-42H2,1-3H3,(H,47,50). The van der Waals surface area contributed by atoms with Gasteiger partial charge in [0, 0.05) is 19.4 Å². The highest BCUT2D eigenvalue weighted by molar-refractivity contribution is 5.76. The van der Waals surface area contributed by atoms with Gasteiger partial charge in [-0.1, -0.05) is 156 Å². The van der Waals surface area contributed by atoms with E-state index in [9.17, 15) is 14.4 Å². The molecular formula is C46H90N2O6. The predicted octanol–water partition coefficient (Wildman–Crippen LogP) is 11.8. The van der Waals surface area contributed by atoms with E-state index in [1.54, 1.807) is 0 Å². The molecule has 320 valence electrons. The smallest absolute Gasteiger partial charge is 0.306 e. The van der Waals surface area contributed by atoms with E-state index in [1.807, 2.05) is 0 Å². The second-order valence-corrected chi connectivity index (χ2v) is 16.0. The van der Waals surface area contributed by atoms with E-state index < -0.39 is 6.61 Å². The van der Waals surface area contributed by atoms with Crippen LogP contribution in [0.2, 0.25) is 0 Å². The summed E-state index contributed by atoms with van der Waals surface area (Å²) in [4.78, 5) is 38.7. The van der Waals surface area contributed by atoms with Crippen molar-refractivity contribution >= 4 is 17.8 Å². The Morgan fingerprint density at radius 2 is 0.907 bits per heavy atom. The molecule has 0 bridgehead atoms. The highest BCUT2D eigenvalue weighted by Crippen LogP contribution is 2.18. The molecule has 0 aromatic rings. The zero-order valence-electron chi connectivity index (χ0n) is 36.1. The molecule has 0 aliphatic heterocycles. The van der Waals surface area contributed by atoms with E-state index in [-0.39, 0.29) is 23.9 Å². The van der Waals surface area contributed by atoms with Crippen molar-refractivity contribution in [2.24, 2.45) is 0 Å². The minimum atomic E-state index is -0.461. The fraction of sp³-hybridized carbons (Fsp3) is 0.935. The van der Waals surface area contributed by atoms with Gasteiger partial charge in [0.05, 0.1) is 6.61 Å². The maximum Gasteiger partial charge on any atom is 0.306 e. The van der Waals surface area contributed by atoms with Gasteiger partial charge in [-0.25, -0.2) is 0 Å². The first kappa shape index (κ1) is 52.3. The van der Waals surface area contributed by atoms with Crippen LogP contribution in [0.5, 0.6) is 0 Å². The lowest BCUT2D eigenvalue weighted by molar-refractivity contribution is -0.150. The fourth-order valence-corrected chi connectivity index (χ4v) is 7.14. The molecule has 0 saturated carbocycles. The Hall–Kier alpha value is -1.67. The van der Waals surface area contributed by atoms with Gasteiger partial charge in [-0.15, -0.1) is 0 Å². The molecule has 0 aromatic carbocycles. The van der Waals surface area contributed by atoms with Gasteiger partial charge in [0.25, 0.3) is 0 Å². The van der Waals surface area contributed by atoms with Crippen molar-refractivity contribution in [2.45, 2.75) is 239 Å². The summed E-state index contributed by atoms with van der Waals surface area (Å²) < 4.78 is 11.4. The molecule has 0 rings (SSSR count). The van der Waals surface area contributed by atoms with Crippen molar-refractivity contribution in [3.05, 3.63) is 0 Å². The van der Waals surface area contributed by atoms with Gasteiger partial charge in [0.1, 0.15) is 12.7 Å². The number of hydrogen-bond donors (Lipinski definition) is 2.